The summed E-state index contributed by atoms with van der Waals surface area (Å²) < 4.78 is 14.8. The summed E-state index contributed by atoms with van der Waals surface area (Å²) in [7, 11) is 0. The summed E-state index contributed by atoms with van der Waals surface area (Å²) in [5.41, 5.74) is 1.73. The molecule has 1 amide bonds. The molecule has 33 heavy (non-hydrogen) atoms. The molecule has 0 atom stereocenters. The van der Waals surface area contributed by atoms with E-state index in [9.17, 15) is 14.0 Å². The van der Waals surface area contributed by atoms with Crippen molar-refractivity contribution in [2.75, 3.05) is 31.1 Å². The van der Waals surface area contributed by atoms with Gasteiger partial charge in [0.2, 0.25) is 5.95 Å². The molecule has 0 N–H and O–H groups in total. The molecule has 0 saturated carbocycles. The lowest BCUT2D eigenvalue weighted by Gasteiger charge is -2.35. The van der Waals surface area contributed by atoms with Gasteiger partial charge in [-0.1, -0.05) is 23.8 Å². The fourth-order valence-corrected chi connectivity index (χ4v) is 4.92. The molecular formula is C24H22FN5O2S. The van der Waals surface area contributed by atoms with Gasteiger partial charge in [-0.3, -0.25) is 9.59 Å². The zero-order chi connectivity index (χ0) is 23.1. The molecule has 168 valence electrons. The highest BCUT2D eigenvalue weighted by Gasteiger charge is 2.27. The summed E-state index contributed by atoms with van der Waals surface area (Å²) in [4.78, 5) is 35.2. The topological polar surface area (TPSA) is 71.3 Å². The van der Waals surface area contributed by atoms with E-state index in [1.807, 2.05) is 48.4 Å². The van der Waals surface area contributed by atoms with E-state index >= 15 is 0 Å². The standard InChI is InChI=1S/C24H22FN5O2S/c1-15-6-8-17(9-7-15)30-23(31)21-16(2)33-14-18(21)22(27-30)24(32)29-12-10-28(11-13-29)20-5-3-4-19(25)26-20/h3-9,14H,10-13H2,1-2H3. The van der Waals surface area contributed by atoms with Crippen molar-refractivity contribution in [2.24, 2.45) is 0 Å². The molecule has 0 unspecified atom stereocenters. The number of aromatic nitrogens is 3. The Kier molecular flexibility index (Phi) is 5.41. The fourth-order valence-electron chi connectivity index (χ4n) is 4.08. The van der Waals surface area contributed by atoms with Crippen LogP contribution in [0.1, 0.15) is 20.9 Å². The van der Waals surface area contributed by atoms with E-state index < -0.39 is 5.95 Å². The van der Waals surface area contributed by atoms with Crippen molar-refractivity contribution in [1.29, 1.82) is 0 Å². The number of aryl methyl sites for hydroxylation is 2. The number of benzene rings is 1. The van der Waals surface area contributed by atoms with Gasteiger partial charge in [0.05, 0.1) is 11.1 Å². The molecule has 0 spiro atoms. The quantitative estimate of drug-likeness (QED) is 0.435. The summed E-state index contributed by atoms with van der Waals surface area (Å²) in [6.45, 7) is 5.82. The third kappa shape index (κ3) is 3.89. The average molecular weight is 464 g/mol. The van der Waals surface area contributed by atoms with Crippen LogP contribution in [0.4, 0.5) is 10.2 Å². The van der Waals surface area contributed by atoms with Gasteiger partial charge < -0.3 is 9.80 Å². The molecule has 1 aliphatic heterocycles. The number of piperazine rings is 1. The maximum Gasteiger partial charge on any atom is 0.280 e. The number of thiophene rings is 1. The summed E-state index contributed by atoms with van der Waals surface area (Å²) >= 11 is 1.44. The number of carbonyl (C=O) groups excluding carboxylic acids is 1. The smallest absolute Gasteiger partial charge is 0.280 e. The van der Waals surface area contributed by atoms with E-state index in [1.165, 1.54) is 22.1 Å². The molecule has 1 aliphatic rings. The molecule has 0 aliphatic carbocycles. The van der Waals surface area contributed by atoms with Crippen LogP contribution in [0.15, 0.2) is 52.6 Å². The molecule has 5 rings (SSSR count). The maximum absolute atomic E-state index is 13.5. The second kappa shape index (κ2) is 8.40. The van der Waals surface area contributed by atoms with Crippen LogP contribution in [-0.2, 0) is 0 Å². The van der Waals surface area contributed by atoms with Crippen LogP contribution in [0, 0.1) is 19.8 Å². The SMILES string of the molecule is Cc1ccc(-n2nc(C(=O)N3CCN(c4cccc(F)n4)CC3)c3csc(C)c3c2=O)cc1. The predicted octanol–water partition coefficient (Wildman–Crippen LogP) is 3.56. The Hall–Kier alpha value is -3.59. The minimum absolute atomic E-state index is 0.217. The Morgan fingerprint density at radius 3 is 2.45 bits per heavy atom. The molecule has 4 heterocycles. The van der Waals surface area contributed by atoms with E-state index in [4.69, 9.17) is 0 Å². The minimum atomic E-state index is -0.524. The monoisotopic (exact) mass is 463 g/mol. The van der Waals surface area contributed by atoms with E-state index in [0.717, 1.165) is 10.4 Å². The Labute approximate surface area is 193 Å². The van der Waals surface area contributed by atoms with Crippen LogP contribution in [0.25, 0.3) is 16.5 Å². The largest absolute Gasteiger partial charge is 0.353 e. The molecule has 0 bridgehead atoms. The van der Waals surface area contributed by atoms with Gasteiger partial charge in [-0.25, -0.2) is 4.98 Å². The number of fused-ring (bicyclic) bond motifs is 1. The number of anilines is 1. The van der Waals surface area contributed by atoms with Crippen molar-refractivity contribution >= 4 is 33.8 Å². The number of carbonyl (C=O) groups is 1. The first kappa shape index (κ1) is 21.3. The number of hydrogen-bond donors (Lipinski definition) is 0. The summed E-state index contributed by atoms with van der Waals surface area (Å²) in [6.07, 6.45) is 0. The fraction of sp³-hybridized carbons (Fsp3) is 0.250. The van der Waals surface area contributed by atoms with Crippen LogP contribution < -0.4 is 10.5 Å². The van der Waals surface area contributed by atoms with Crippen LogP contribution >= 0.6 is 11.3 Å². The highest BCUT2D eigenvalue weighted by atomic mass is 32.1. The number of pyridine rings is 1. The second-order valence-corrected chi connectivity index (χ2v) is 9.16. The summed E-state index contributed by atoms with van der Waals surface area (Å²) in [5, 5.41) is 7.47. The van der Waals surface area contributed by atoms with Gasteiger partial charge in [-0.15, -0.1) is 11.3 Å². The third-order valence-electron chi connectivity index (χ3n) is 5.91. The van der Waals surface area contributed by atoms with Gasteiger partial charge in [0.1, 0.15) is 5.82 Å². The molecule has 1 fully saturated rings. The number of rotatable bonds is 3. The summed E-state index contributed by atoms with van der Waals surface area (Å²) in [5.74, 6) is -0.182. The van der Waals surface area contributed by atoms with Crippen molar-refractivity contribution < 1.29 is 9.18 Å². The van der Waals surface area contributed by atoms with E-state index in [1.54, 1.807) is 17.0 Å². The van der Waals surface area contributed by atoms with Crippen LogP contribution in [0.2, 0.25) is 0 Å². The first-order valence-corrected chi connectivity index (χ1v) is 11.6. The van der Waals surface area contributed by atoms with Crippen molar-refractivity contribution in [3.05, 3.63) is 80.3 Å². The Balaban J connectivity index is 1.48. The Morgan fingerprint density at radius 1 is 1.03 bits per heavy atom. The number of hydrogen-bond acceptors (Lipinski definition) is 6. The average Bonchev–Trinajstić information content (AvgIpc) is 3.22. The minimum Gasteiger partial charge on any atom is -0.353 e. The van der Waals surface area contributed by atoms with Crippen LogP contribution in [-0.4, -0.2) is 51.8 Å². The number of nitrogens with zero attached hydrogens (tertiary/aromatic N) is 5. The first-order valence-electron chi connectivity index (χ1n) is 10.7. The zero-order valence-corrected chi connectivity index (χ0v) is 19.1. The molecule has 1 saturated heterocycles. The molecule has 3 aromatic heterocycles. The van der Waals surface area contributed by atoms with Gasteiger partial charge >= 0.3 is 0 Å². The second-order valence-electron chi connectivity index (χ2n) is 8.08. The lowest BCUT2D eigenvalue weighted by molar-refractivity contribution is 0.0741. The van der Waals surface area contributed by atoms with E-state index in [0.29, 0.717) is 48.5 Å². The van der Waals surface area contributed by atoms with E-state index in [-0.39, 0.29) is 17.2 Å². The first-order chi connectivity index (χ1) is 15.9. The molecule has 4 aromatic rings. The lowest BCUT2D eigenvalue weighted by atomic mass is 10.1. The van der Waals surface area contributed by atoms with Gasteiger partial charge in [0.15, 0.2) is 5.69 Å². The highest BCUT2D eigenvalue weighted by molar-refractivity contribution is 7.11. The van der Waals surface area contributed by atoms with Crippen molar-refractivity contribution in [1.82, 2.24) is 19.7 Å². The van der Waals surface area contributed by atoms with Gasteiger partial charge in [0, 0.05) is 41.8 Å². The number of amides is 1. The maximum atomic E-state index is 13.5. The summed E-state index contributed by atoms with van der Waals surface area (Å²) in [6, 6.07) is 12.2. The van der Waals surface area contributed by atoms with Crippen molar-refractivity contribution in [2.45, 2.75) is 13.8 Å². The normalized spacial score (nSPS) is 14.2. The highest BCUT2D eigenvalue weighted by Crippen LogP contribution is 2.26. The van der Waals surface area contributed by atoms with Gasteiger partial charge in [-0.05, 0) is 38.1 Å². The van der Waals surface area contributed by atoms with E-state index in [2.05, 4.69) is 10.1 Å². The Morgan fingerprint density at radius 2 is 1.76 bits per heavy atom. The molecule has 7 nitrogen and oxygen atoms in total. The molecule has 1 aromatic carbocycles. The predicted molar refractivity (Wildman–Crippen MR) is 127 cm³/mol. The van der Waals surface area contributed by atoms with Gasteiger partial charge in [0.25, 0.3) is 11.5 Å². The van der Waals surface area contributed by atoms with Crippen LogP contribution in [0.5, 0.6) is 0 Å². The number of halogens is 1. The molecule has 0 radical (unpaired) electrons. The third-order valence-corrected chi connectivity index (χ3v) is 6.82. The van der Waals surface area contributed by atoms with Crippen LogP contribution in [0.3, 0.4) is 0 Å². The van der Waals surface area contributed by atoms with Crippen molar-refractivity contribution in [3.63, 3.8) is 0 Å². The molecule has 9 heteroatoms. The van der Waals surface area contributed by atoms with Gasteiger partial charge in [-0.2, -0.15) is 14.2 Å². The Bertz CT molecular complexity index is 1400. The lowest BCUT2D eigenvalue weighted by Crippen LogP contribution is -2.49. The zero-order valence-electron chi connectivity index (χ0n) is 18.3. The molecular weight excluding hydrogens is 441 g/mol. The van der Waals surface area contributed by atoms with Crippen molar-refractivity contribution in [3.8, 4) is 5.69 Å².